The molecule has 0 saturated heterocycles. The predicted octanol–water partition coefficient (Wildman–Crippen LogP) is 3.32. The van der Waals surface area contributed by atoms with Crippen molar-refractivity contribution in [3.05, 3.63) is 24.3 Å². The van der Waals surface area contributed by atoms with Crippen LogP contribution in [0.5, 0.6) is 0 Å². The number of rotatable bonds is 6. The van der Waals surface area contributed by atoms with E-state index in [-0.39, 0.29) is 6.04 Å². The number of anilines is 1. The summed E-state index contributed by atoms with van der Waals surface area (Å²) >= 11 is 5.64. The van der Waals surface area contributed by atoms with Crippen LogP contribution in [0.25, 0.3) is 0 Å². The van der Waals surface area contributed by atoms with Gasteiger partial charge in [-0.25, -0.2) is 0 Å². The molecule has 0 aliphatic heterocycles. The van der Waals surface area contributed by atoms with Crippen molar-refractivity contribution < 1.29 is 13.5 Å². The Morgan fingerprint density at radius 1 is 1.37 bits per heavy atom. The van der Waals surface area contributed by atoms with Crippen molar-refractivity contribution in [1.29, 1.82) is 0 Å². The molecule has 2 N–H and O–H groups in total. The Kier molecular flexibility index (Phi) is 7.04. The first-order valence-electron chi connectivity index (χ1n) is 5.62. The zero-order valence-corrected chi connectivity index (χ0v) is 12.3. The monoisotopic (exact) mass is 306 g/mol. The summed E-state index contributed by atoms with van der Waals surface area (Å²) in [5.41, 5.74) is 0.751. The van der Waals surface area contributed by atoms with Crippen LogP contribution in [0.1, 0.15) is 6.92 Å². The number of methoxy groups -OCH3 is 1. The minimum atomic E-state index is -2.41. The van der Waals surface area contributed by atoms with Gasteiger partial charge < -0.3 is 15.4 Å². The van der Waals surface area contributed by atoms with Crippen LogP contribution in [0.15, 0.2) is 29.2 Å². The Hall–Kier alpha value is -0.920. The number of thioether (sulfide) groups is 1. The van der Waals surface area contributed by atoms with Crippen LogP contribution in [-0.2, 0) is 4.74 Å². The van der Waals surface area contributed by atoms with Gasteiger partial charge in [0.25, 0.3) is 5.76 Å². The normalized spacial score (nSPS) is 12.3. The summed E-state index contributed by atoms with van der Waals surface area (Å²) < 4.78 is 29.3. The highest BCUT2D eigenvalue weighted by Gasteiger charge is 2.06. The average Bonchev–Trinajstić information content (AvgIpc) is 2.31. The lowest BCUT2D eigenvalue weighted by atomic mass is 10.3. The third kappa shape index (κ3) is 6.70. The second-order valence-electron chi connectivity index (χ2n) is 3.86. The van der Waals surface area contributed by atoms with Gasteiger partial charge in [0.2, 0.25) is 0 Å². The highest BCUT2D eigenvalue weighted by atomic mass is 32.2. The van der Waals surface area contributed by atoms with Crippen molar-refractivity contribution in [1.82, 2.24) is 5.32 Å². The van der Waals surface area contributed by atoms with Gasteiger partial charge in [-0.3, -0.25) is 0 Å². The molecule has 1 aromatic rings. The SMILES string of the molecule is COC[C@@H](C)NC(=S)Nc1ccc(SC(F)F)cc1. The topological polar surface area (TPSA) is 33.3 Å². The predicted molar refractivity (Wildman–Crippen MR) is 79.0 cm³/mol. The number of hydrogen-bond acceptors (Lipinski definition) is 3. The lowest BCUT2D eigenvalue weighted by Crippen LogP contribution is -2.38. The molecule has 0 fully saturated rings. The molecule has 0 bridgehead atoms. The Balaban J connectivity index is 2.46. The number of hydrogen-bond donors (Lipinski definition) is 2. The van der Waals surface area contributed by atoms with Crippen LogP contribution in [0.2, 0.25) is 0 Å². The maximum absolute atomic E-state index is 12.2. The highest BCUT2D eigenvalue weighted by Crippen LogP contribution is 2.26. The molecule has 3 nitrogen and oxygen atoms in total. The van der Waals surface area contributed by atoms with Gasteiger partial charge in [-0.2, -0.15) is 8.78 Å². The van der Waals surface area contributed by atoms with Crippen LogP contribution in [0.4, 0.5) is 14.5 Å². The van der Waals surface area contributed by atoms with E-state index in [4.69, 9.17) is 17.0 Å². The van der Waals surface area contributed by atoms with E-state index in [9.17, 15) is 8.78 Å². The second-order valence-corrected chi connectivity index (χ2v) is 5.33. The number of thiocarbonyl (C=S) groups is 1. The minimum absolute atomic E-state index is 0.0960. The number of nitrogens with one attached hydrogen (secondary N) is 2. The molecule has 0 saturated carbocycles. The second kappa shape index (κ2) is 8.29. The van der Waals surface area contributed by atoms with Crippen LogP contribution < -0.4 is 10.6 Å². The van der Waals surface area contributed by atoms with Gasteiger partial charge in [0.1, 0.15) is 0 Å². The largest absolute Gasteiger partial charge is 0.383 e. The van der Waals surface area contributed by atoms with Gasteiger partial charge in [0.05, 0.1) is 6.61 Å². The molecule has 7 heteroatoms. The molecule has 19 heavy (non-hydrogen) atoms. The Morgan fingerprint density at radius 3 is 2.53 bits per heavy atom. The van der Waals surface area contributed by atoms with Gasteiger partial charge in [-0.1, -0.05) is 11.8 Å². The average molecular weight is 306 g/mol. The third-order valence-corrected chi connectivity index (χ3v) is 3.07. The van der Waals surface area contributed by atoms with Crippen LogP contribution in [0.3, 0.4) is 0 Å². The number of halogens is 2. The van der Waals surface area contributed by atoms with E-state index >= 15 is 0 Å². The Morgan fingerprint density at radius 2 is 2.00 bits per heavy atom. The van der Waals surface area contributed by atoms with E-state index in [1.807, 2.05) is 6.92 Å². The molecule has 1 atom stereocenters. The minimum Gasteiger partial charge on any atom is -0.383 e. The summed E-state index contributed by atoms with van der Waals surface area (Å²) in [4.78, 5) is 0.521. The summed E-state index contributed by atoms with van der Waals surface area (Å²) in [5.74, 6) is -2.41. The molecular weight excluding hydrogens is 290 g/mol. The zero-order valence-electron chi connectivity index (χ0n) is 10.7. The lowest BCUT2D eigenvalue weighted by molar-refractivity contribution is 0.179. The third-order valence-electron chi connectivity index (χ3n) is 2.13. The van der Waals surface area contributed by atoms with Crippen molar-refractivity contribution in [2.24, 2.45) is 0 Å². The van der Waals surface area contributed by atoms with Crippen LogP contribution >= 0.6 is 24.0 Å². The first-order valence-corrected chi connectivity index (χ1v) is 6.91. The van der Waals surface area contributed by atoms with Gasteiger partial charge in [-0.05, 0) is 43.4 Å². The summed E-state index contributed by atoms with van der Waals surface area (Å²) in [5, 5.41) is 6.50. The molecule has 0 aliphatic rings. The quantitative estimate of drug-likeness (QED) is 0.622. The molecule has 0 amide bonds. The summed E-state index contributed by atoms with van der Waals surface area (Å²) in [6.45, 7) is 2.49. The smallest absolute Gasteiger partial charge is 0.288 e. The van der Waals surface area contributed by atoms with Gasteiger partial charge in [0, 0.05) is 23.7 Å². The molecule has 0 spiro atoms. The lowest BCUT2D eigenvalue weighted by Gasteiger charge is -2.16. The fourth-order valence-electron chi connectivity index (χ4n) is 1.40. The first-order chi connectivity index (χ1) is 9.01. The highest BCUT2D eigenvalue weighted by molar-refractivity contribution is 7.99. The van der Waals surface area contributed by atoms with Gasteiger partial charge in [0.15, 0.2) is 5.11 Å². The molecule has 1 aromatic carbocycles. The van der Waals surface area contributed by atoms with Crippen LogP contribution in [0, 0.1) is 0 Å². The van der Waals surface area contributed by atoms with E-state index in [0.29, 0.717) is 28.4 Å². The molecule has 0 radical (unpaired) electrons. The maximum atomic E-state index is 12.2. The molecule has 0 unspecified atom stereocenters. The maximum Gasteiger partial charge on any atom is 0.288 e. The standard InChI is InChI=1S/C12H16F2N2OS2/c1-8(7-17-2)15-12(18)16-9-3-5-10(6-4-9)19-11(13)14/h3-6,8,11H,7H2,1-2H3,(H2,15,16,18)/t8-/m1/s1. The fraction of sp³-hybridized carbons (Fsp3) is 0.417. The van der Waals surface area contributed by atoms with Crippen molar-refractivity contribution in [3.63, 3.8) is 0 Å². The zero-order chi connectivity index (χ0) is 14.3. The Labute approximate surface area is 121 Å². The van der Waals surface area contributed by atoms with Crippen molar-refractivity contribution in [2.75, 3.05) is 19.0 Å². The molecular formula is C12H16F2N2OS2. The van der Waals surface area contributed by atoms with E-state index in [1.165, 1.54) is 0 Å². The van der Waals surface area contributed by atoms with E-state index < -0.39 is 5.76 Å². The molecule has 106 valence electrons. The molecule has 0 aliphatic carbocycles. The number of benzene rings is 1. The molecule has 1 rings (SSSR count). The summed E-state index contributed by atoms with van der Waals surface area (Å²) in [6.07, 6.45) is 0. The number of ether oxygens (including phenoxy) is 1. The summed E-state index contributed by atoms with van der Waals surface area (Å²) in [6, 6.07) is 6.76. The first kappa shape index (κ1) is 16.1. The van der Waals surface area contributed by atoms with E-state index in [0.717, 1.165) is 5.69 Å². The Bertz CT molecular complexity index is 401. The number of alkyl halides is 2. The van der Waals surface area contributed by atoms with E-state index in [2.05, 4.69) is 10.6 Å². The van der Waals surface area contributed by atoms with Gasteiger partial charge in [-0.15, -0.1) is 0 Å². The van der Waals surface area contributed by atoms with Crippen LogP contribution in [-0.4, -0.2) is 30.6 Å². The van der Waals surface area contributed by atoms with E-state index in [1.54, 1.807) is 31.4 Å². The van der Waals surface area contributed by atoms with Crippen molar-refractivity contribution in [3.8, 4) is 0 Å². The van der Waals surface area contributed by atoms with Gasteiger partial charge >= 0.3 is 0 Å². The molecule has 0 aromatic heterocycles. The molecule has 0 heterocycles. The summed E-state index contributed by atoms with van der Waals surface area (Å²) in [7, 11) is 1.62. The van der Waals surface area contributed by atoms with Crippen molar-refractivity contribution in [2.45, 2.75) is 23.6 Å². The van der Waals surface area contributed by atoms with Crippen molar-refractivity contribution >= 4 is 34.8 Å². The fourth-order valence-corrected chi connectivity index (χ4v) is 2.22.